The molecule has 0 radical (unpaired) electrons. The highest BCUT2D eigenvalue weighted by atomic mass is 19.4. The molecule has 0 atom stereocenters. The molecular weight excluding hydrogens is 498 g/mol. The third kappa shape index (κ3) is 9.51. The summed E-state index contributed by atoms with van der Waals surface area (Å²) in [5, 5.41) is 0. The molecule has 2 rings (SSSR count). The van der Waals surface area contributed by atoms with Gasteiger partial charge >= 0.3 is 24.7 Å². The van der Waals surface area contributed by atoms with E-state index < -0.39 is 30.4 Å². The van der Waals surface area contributed by atoms with Gasteiger partial charge in [0.15, 0.2) is 0 Å². The van der Waals surface area contributed by atoms with Gasteiger partial charge in [-0.2, -0.15) is 0 Å². The van der Waals surface area contributed by atoms with Crippen LogP contribution >= 0.6 is 0 Å². The molecule has 6 nitrogen and oxygen atoms in total. The molecule has 0 saturated heterocycles. The van der Waals surface area contributed by atoms with E-state index in [9.17, 15) is 35.9 Å². The summed E-state index contributed by atoms with van der Waals surface area (Å²) in [7, 11) is 2.29. The zero-order valence-electron chi connectivity index (χ0n) is 20.0. The molecule has 0 N–H and O–H groups in total. The molecular formula is C24H24F6O6. The van der Waals surface area contributed by atoms with Crippen molar-refractivity contribution in [1.82, 2.24) is 0 Å². The minimum atomic E-state index is -4.83. The fourth-order valence-corrected chi connectivity index (χ4v) is 2.80. The lowest BCUT2D eigenvalue weighted by Gasteiger charge is -2.16. The quantitative estimate of drug-likeness (QED) is 0.304. The lowest BCUT2D eigenvalue weighted by molar-refractivity contribution is -0.275. The van der Waals surface area contributed by atoms with Gasteiger partial charge in [-0.15, -0.1) is 26.3 Å². The summed E-state index contributed by atoms with van der Waals surface area (Å²) in [4.78, 5) is 22.5. The highest BCUT2D eigenvalue weighted by molar-refractivity contribution is 5.91. The van der Waals surface area contributed by atoms with Gasteiger partial charge in [0.2, 0.25) is 0 Å². The first-order chi connectivity index (χ1) is 16.5. The Labute approximate surface area is 203 Å². The minimum absolute atomic E-state index is 0.0150. The maximum atomic E-state index is 12.3. The van der Waals surface area contributed by atoms with Crippen molar-refractivity contribution in [3.05, 3.63) is 65.2 Å². The SMILES string of the molecule is C=C(C)c1ccc(C(=O)OC)cc1OC(F)(F)F.COC(=O)c1ccc(C(C)C)c(OC(F)(F)F)c1. The molecule has 12 heteroatoms. The molecule has 0 aliphatic rings. The van der Waals surface area contributed by atoms with E-state index in [0.29, 0.717) is 11.1 Å². The molecule has 0 saturated carbocycles. The number of carbonyl (C=O) groups is 2. The van der Waals surface area contributed by atoms with E-state index in [0.717, 1.165) is 26.4 Å². The maximum absolute atomic E-state index is 12.3. The summed E-state index contributed by atoms with van der Waals surface area (Å²) in [6.45, 7) is 8.55. The van der Waals surface area contributed by atoms with E-state index in [1.165, 1.54) is 31.2 Å². The summed E-state index contributed by atoms with van der Waals surface area (Å²) >= 11 is 0. The third-order valence-corrected chi connectivity index (χ3v) is 4.37. The second-order valence-corrected chi connectivity index (χ2v) is 7.48. The van der Waals surface area contributed by atoms with Crippen LogP contribution in [0.15, 0.2) is 43.0 Å². The highest BCUT2D eigenvalue weighted by Crippen LogP contribution is 2.33. The summed E-state index contributed by atoms with van der Waals surface area (Å²) in [5.74, 6) is -2.46. The topological polar surface area (TPSA) is 71.1 Å². The molecule has 2 aromatic rings. The van der Waals surface area contributed by atoms with E-state index in [2.05, 4.69) is 25.5 Å². The van der Waals surface area contributed by atoms with Gasteiger partial charge in [-0.05, 0) is 48.2 Å². The van der Waals surface area contributed by atoms with Gasteiger partial charge in [0.1, 0.15) is 11.5 Å². The smallest absolute Gasteiger partial charge is 0.465 e. The zero-order valence-corrected chi connectivity index (χ0v) is 20.0. The molecule has 0 bridgehead atoms. The Kier molecular flexibility index (Phi) is 10.4. The molecule has 0 amide bonds. The molecule has 36 heavy (non-hydrogen) atoms. The molecule has 0 aromatic heterocycles. The molecule has 198 valence electrons. The van der Waals surface area contributed by atoms with E-state index in [1.54, 1.807) is 13.8 Å². The van der Waals surface area contributed by atoms with Crippen molar-refractivity contribution in [3.63, 3.8) is 0 Å². The maximum Gasteiger partial charge on any atom is 0.573 e. The Morgan fingerprint density at radius 3 is 1.58 bits per heavy atom. The second-order valence-electron chi connectivity index (χ2n) is 7.48. The van der Waals surface area contributed by atoms with Crippen LogP contribution in [0.5, 0.6) is 11.5 Å². The van der Waals surface area contributed by atoms with Crippen LogP contribution in [0.3, 0.4) is 0 Å². The summed E-state index contributed by atoms with van der Waals surface area (Å²) in [6, 6.07) is 7.52. The third-order valence-electron chi connectivity index (χ3n) is 4.37. The second kappa shape index (κ2) is 12.3. The Morgan fingerprint density at radius 1 is 0.778 bits per heavy atom. The fraction of sp³-hybridized carbons (Fsp3) is 0.333. The lowest BCUT2D eigenvalue weighted by atomic mass is 10.0. The number of rotatable bonds is 6. The number of hydrogen-bond acceptors (Lipinski definition) is 6. The first-order valence-electron chi connectivity index (χ1n) is 10.1. The first-order valence-corrected chi connectivity index (χ1v) is 10.1. The number of halogens is 6. The predicted molar refractivity (Wildman–Crippen MR) is 118 cm³/mol. The Balaban J connectivity index is 0.000000360. The van der Waals surface area contributed by atoms with Gasteiger partial charge in [-0.1, -0.05) is 32.6 Å². The van der Waals surface area contributed by atoms with Gasteiger partial charge in [0.25, 0.3) is 0 Å². The van der Waals surface area contributed by atoms with Crippen molar-refractivity contribution in [1.29, 1.82) is 0 Å². The molecule has 0 aliphatic heterocycles. The van der Waals surface area contributed by atoms with Crippen LogP contribution < -0.4 is 9.47 Å². The molecule has 0 aliphatic carbocycles. The van der Waals surface area contributed by atoms with E-state index in [-0.39, 0.29) is 28.4 Å². The number of benzene rings is 2. The van der Waals surface area contributed by atoms with Crippen molar-refractivity contribution in [3.8, 4) is 11.5 Å². The summed E-state index contributed by atoms with van der Waals surface area (Å²) in [6.07, 6.45) is -9.63. The van der Waals surface area contributed by atoms with Crippen LogP contribution in [0.4, 0.5) is 26.3 Å². The predicted octanol–water partition coefficient (Wildman–Crippen LogP) is 6.90. The fourth-order valence-electron chi connectivity index (χ4n) is 2.80. The zero-order chi connectivity index (χ0) is 27.8. The summed E-state index contributed by atoms with van der Waals surface area (Å²) in [5.41, 5.74) is 0.938. The van der Waals surface area contributed by atoms with Crippen molar-refractivity contribution in [2.45, 2.75) is 39.4 Å². The highest BCUT2D eigenvalue weighted by Gasteiger charge is 2.33. The molecule has 0 unspecified atom stereocenters. The van der Waals surface area contributed by atoms with Crippen molar-refractivity contribution in [2.24, 2.45) is 0 Å². The molecule has 0 heterocycles. The van der Waals surface area contributed by atoms with Gasteiger partial charge in [0.05, 0.1) is 25.3 Å². The Bertz CT molecular complexity index is 1090. The van der Waals surface area contributed by atoms with Crippen LogP contribution in [0.25, 0.3) is 5.57 Å². The Morgan fingerprint density at radius 2 is 1.19 bits per heavy atom. The van der Waals surface area contributed by atoms with Crippen molar-refractivity contribution < 1.29 is 54.9 Å². The normalized spacial score (nSPS) is 11.2. The van der Waals surface area contributed by atoms with Crippen LogP contribution in [0.2, 0.25) is 0 Å². The van der Waals surface area contributed by atoms with Crippen molar-refractivity contribution in [2.75, 3.05) is 14.2 Å². The Hall–Kier alpha value is -3.70. The monoisotopic (exact) mass is 522 g/mol. The standard InChI is InChI=1S/C12H13F3O3.C12H11F3O3/c2*1-7(2)9-5-4-8(11(16)17-3)6-10(9)18-12(13,14)15/h4-7H,1-3H3;4-6H,1H2,2-3H3. The number of hydrogen-bond donors (Lipinski definition) is 0. The number of allylic oxidation sites excluding steroid dienone is 1. The van der Waals surface area contributed by atoms with Crippen LogP contribution in [-0.2, 0) is 9.47 Å². The van der Waals surface area contributed by atoms with E-state index in [1.807, 2.05) is 0 Å². The summed E-state index contributed by atoms with van der Waals surface area (Å²) < 4.78 is 90.1. The minimum Gasteiger partial charge on any atom is -0.465 e. The van der Waals surface area contributed by atoms with E-state index >= 15 is 0 Å². The number of ether oxygens (including phenoxy) is 4. The van der Waals surface area contributed by atoms with Gasteiger partial charge in [-0.3, -0.25) is 0 Å². The van der Waals surface area contributed by atoms with Gasteiger partial charge in [0, 0.05) is 5.56 Å². The number of alkyl halides is 6. The molecule has 0 spiro atoms. The lowest BCUT2D eigenvalue weighted by Crippen LogP contribution is -2.19. The van der Waals surface area contributed by atoms with E-state index in [4.69, 9.17) is 0 Å². The molecule has 0 fully saturated rings. The van der Waals surface area contributed by atoms with Gasteiger partial charge < -0.3 is 18.9 Å². The largest absolute Gasteiger partial charge is 0.573 e. The number of methoxy groups -OCH3 is 2. The average Bonchev–Trinajstić information content (AvgIpc) is 2.75. The van der Waals surface area contributed by atoms with Crippen LogP contribution in [-0.4, -0.2) is 38.9 Å². The number of carbonyl (C=O) groups excluding carboxylic acids is 2. The van der Waals surface area contributed by atoms with Crippen LogP contribution in [0.1, 0.15) is 58.5 Å². The first kappa shape index (κ1) is 30.3. The van der Waals surface area contributed by atoms with Crippen LogP contribution in [0, 0.1) is 0 Å². The van der Waals surface area contributed by atoms with Gasteiger partial charge in [-0.25, -0.2) is 9.59 Å². The molecule has 2 aromatic carbocycles. The average molecular weight is 522 g/mol. The van der Waals surface area contributed by atoms with Crippen molar-refractivity contribution >= 4 is 17.5 Å². The number of esters is 2.